The first-order chi connectivity index (χ1) is 10.6. The Kier molecular flexibility index (Phi) is 4.85. The lowest BCUT2D eigenvalue weighted by atomic mass is 10.0. The van der Waals surface area contributed by atoms with Gasteiger partial charge < -0.3 is 15.8 Å². The molecule has 1 atom stereocenters. The second-order valence-electron chi connectivity index (χ2n) is 4.64. The number of amides is 2. The van der Waals surface area contributed by atoms with Crippen LogP contribution in [0.15, 0.2) is 42.5 Å². The fraction of sp³-hybridized carbons (Fsp3) is 0.188. The minimum atomic E-state index is -0.628. The van der Waals surface area contributed by atoms with Gasteiger partial charge in [-0.05, 0) is 17.7 Å². The van der Waals surface area contributed by atoms with Gasteiger partial charge in [0.05, 0.1) is 5.69 Å². The highest BCUT2D eigenvalue weighted by molar-refractivity contribution is 5.97. The van der Waals surface area contributed by atoms with E-state index in [4.69, 9.17) is 10.5 Å². The predicted molar refractivity (Wildman–Crippen MR) is 81.4 cm³/mol. The second-order valence-corrected chi connectivity index (χ2v) is 4.64. The molecule has 0 spiro atoms. The van der Waals surface area contributed by atoms with Crippen LogP contribution in [0, 0.1) is 0 Å². The van der Waals surface area contributed by atoms with Crippen molar-refractivity contribution in [1.29, 1.82) is 0 Å². The number of nitrogens with one attached hydrogen (secondary N) is 1. The Morgan fingerprint density at radius 2 is 1.91 bits per heavy atom. The van der Waals surface area contributed by atoms with Crippen LogP contribution in [-0.2, 0) is 4.74 Å². The number of methoxy groups -OCH3 is 1. The molecule has 6 heteroatoms. The number of carbonyl (C=O) groups excluding carboxylic acids is 2. The summed E-state index contributed by atoms with van der Waals surface area (Å²) in [5.74, 6) is -1.02. The average Bonchev–Trinajstić information content (AvgIpc) is 2.55. The summed E-state index contributed by atoms with van der Waals surface area (Å²) in [6.45, 7) is 0. The third-order valence-electron chi connectivity index (χ3n) is 3.20. The maximum atomic E-state index is 11.8. The number of ether oxygens (including phenoxy) is 1. The summed E-state index contributed by atoms with van der Waals surface area (Å²) in [4.78, 5) is 27.6. The molecule has 22 heavy (non-hydrogen) atoms. The number of hydrogen-bond acceptors (Lipinski definition) is 4. The fourth-order valence-electron chi connectivity index (χ4n) is 2.13. The van der Waals surface area contributed by atoms with Gasteiger partial charge in [-0.25, -0.2) is 4.98 Å². The highest BCUT2D eigenvalue weighted by atomic mass is 16.5. The molecule has 0 aliphatic rings. The van der Waals surface area contributed by atoms with Crippen LogP contribution in [0.4, 0.5) is 0 Å². The average molecular weight is 299 g/mol. The number of carbonyl (C=O) groups is 2. The molecule has 1 heterocycles. The van der Waals surface area contributed by atoms with Crippen molar-refractivity contribution in [2.24, 2.45) is 5.73 Å². The first-order valence-corrected chi connectivity index (χ1v) is 6.68. The largest absolute Gasteiger partial charge is 0.370 e. The van der Waals surface area contributed by atoms with Crippen LogP contribution in [-0.4, -0.2) is 31.0 Å². The van der Waals surface area contributed by atoms with E-state index in [1.807, 2.05) is 30.3 Å². The van der Waals surface area contributed by atoms with E-state index in [0.717, 1.165) is 5.56 Å². The molecule has 1 aromatic carbocycles. The lowest BCUT2D eigenvalue weighted by Gasteiger charge is -2.16. The van der Waals surface area contributed by atoms with E-state index in [-0.39, 0.29) is 11.3 Å². The van der Waals surface area contributed by atoms with E-state index in [2.05, 4.69) is 10.3 Å². The zero-order valence-electron chi connectivity index (χ0n) is 12.4. The van der Waals surface area contributed by atoms with Gasteiger partial charge in [0.25, 0.3) is 5.91 Å². The van der Waals surface area contributed by atoms with Gasteiger partial charge in [-0.3, -0.25) is 9.59 Å². The number of aromatic nitrogens is 1. The van der Waals surface area contributed by atoms with Crippen LogP contribution >= 0.6 is 0 Å². The second kappa shape index (κ2) is 6.82. The molecular formula is C16H17N3O3. The number of nitrogens with zero attached hydrogens (tertiary/aromatic N) is 1. The smallest absolute Gasteiger partial charge is 0.269 e. The van der Waals surface area contributed by atoms with Crippen LogP contribution in [0.2, 0.25) is 0 Å². The van der Waals surface area contributed by atoms with Gasteiger partial charge >= 0.3 is 0 Å². The van der Waals surface area contributed by atoms with Crippen molar-refractivity contribution in [3.8, 4) is 0 Å². The van der Waals surface area contributed by atoms with E-state index >= 15 is 0 Å². The van der Waals surface area contributed by atoms with Crippen molar-refractivity contribution in [3.63, 3.8) is 0 Å². The Bertz CT molecular complexity index is 686. The molecule has 6 nitrogen and oxygen atoms in total. The summed E-state index contributed by atoms with van der Waals surface area (Å²) in [6.07, 6.45) is -0.496. The van der Waals surface area contributed by atoms with Gasteiger partial charge in [0.1, 0.15) is 11.8 Å². The molecule has 2 amide bonds. The van der Waals surface area contributed by atoms with E-state index in [0.29, 0.717) is 5.69 Å². The molecule has 0 saturated heterocycles. The third kappa shape index (κ3) is 3.29. The summed E-state index contributed by atoms with van der Waals surface area (Å²) in [5.41, 5.74) is 6.97. The molecule has 0 radical (unpaired) electrons. The summed E-state index contributed by atoms with van der Waals surface area (Å²) in [7, 11) is 3.03. The van der Waals surface area contributed by atoms with Crippen molar-refractivity contribution in [1.82, 2.24) is 10.3 Å². The Morgan fingerprint density at radius 3 is 2.45 bits per heavy atom. The van der Waals surface area contributed by atoms with Crippen LogP contribution < -0.4 is 11.1 Å². The Hall–Kier alpha value is -2.73. The quantitative estimate of drug-likeness (QED) is 0.869. The summed E-state index contributed by atoms with van der Waals surface area (Å²) < 4.78 is 5.48. The Balaban J connectivity index is 2.55. The van der Waals surface area contributed by atoms with Gasteiger partial charge in [-0.2, -0.15) is 0 Å². The number of nitrogens with two attached hydrogens (primary N) is 1. The molecule has 3 N–H and O–H groups in total. The predicted octanol–water partition coefficient (Wildman–Crippen LogP) is 1.28. The van der Waals surface area contributed by atoms with Crippen LogP contribution in [0.1, 0.15) is 38.2 Å². The first kappa shape index (κ1) is 15.7. The van der Waals surface area contributed by atoms with Crippen LogP contribution in [0.3, 0.4) is 0 Å². The van der Waals surface area contributed by atoms with Crippen LogP contribution in [0.25, 0.3) is 0 Å². The molecule has 0 unspecified atom stereocenters. The number of hydrogen-bond donors (Lipinski definition) is 2. The third-order valence-corrected chi connectivity index (χ3v) is 3.20. The summed E-state index contributed by atoms with van der Waals surface area (Å²) in [5, 5.41) is 2.48. The van der Waals surface area contributed by atoms with E-state index in [1.54, 1.807) is 0 Å². The van der Waals surface area contributed by atoms with Gasteiger partial charge in [0, 0.05) is 19.7 Å². The van der Waals surface area contributed by atoms with Crippen molar-refractivity contribution < 1.29 is 14.3 Å². The van der Waals surface area contributed by atoms with Crippen molar-refractivity contribution in [3.05, 3.63) is 65.0 Å². The standard InChI is InChI=1S/C16H17N3O3/c1-18-16(21)13-9-11(15(17)20)8-12(19-13)14(22-2)10-6-4-3-5-7-10/h3-9,14H,1-2H3,(H2,17,20)(H,18,21)/t14-/m0/s1. The molecule has 2 aromatic rings. The monoisotopic (exact) mass is 299 g/mol. The topological polar surface area (TPSA) is 94.3 Å². The summed E-state index contributed by atoms with van der Waals surface area (Å²) >= 11 is 0. The van der Waals surface area contributed by atoms with E-state index in [9.17, 15) is 9.59 Å². The number of primary amides is 1. The lowest BCUT2D eigenvalue weighted by molar-refractivity contribution is 0.0955. The number of benzene rings is 1. The normalized spacial score (nSPS) is 11.7. The van der Waals surface area contributed by atoms with E-state index in [1.165, 1.54) is 26.3 Å². The molecule has 1 aromatic heterocycles. The molecular weight excluding hydrogens is 282 g/mol. The molecule has 0 fully saturated rings. The maximum absolute atomic E-state index is 11.8. The Morgan fingerprint density at radius 1 is 1.23 bits per heavy atom. The SMILES string of the molecule is CNC(=O)c1cc(C(N)=O)cc([C@@H](OC)c2ccccc2)n1. The van der Waals surface area contributed by atoms with Crippen LogP contribution in [0.5, 0.6) is 0 Å². The molecule has 114 valence electrons. The Labute approximate surface area is 128 Å². The van der Waals surface area contributed by atoms with Gasteiger partial charge in [0.2, 0.25) is 5.91 Å². The molecule has 0 bridgehead atoms. The zero-order valence-corrected chi connectivity index (χ0v) is 12.4. The minimum absolute atomic E-state index is 0.117. The fourth-order valence-corrected chi connectivity index (χ4v) is 2.13. The molecule has 2 rings (SSSR count). The molecule has 0 aliphatic heterocycles. The molecule has 0 saturated carbocycles. The maximum Gasteiger partial charge on any atom is 0.269 e. The highest BCUT2D eigenvalue weighted by Gasteiger charge is 2.19. The van der Waals surface area contributed by atoms with Gasteiger partial charge in [-0.15, -0.1) is 0 Å². The zero-order chi connectivity index (χ0) is 16.1. The van der Waals surface area contributed by atoms with Crippen molar-refractivity contribution in [2.75, 3.05) is 14.2 Å². The summed E-state index contributed by atoms with van der Waals surface area (Å²) in [6, 6.07) is 12.3. The molecule has 0 aliphatic carbocycles. The van der Waals surface area contributed by atoms with Gasteiger partial charge in [-0.1, -0.05) is 30.3 Å². The minimum Gasteiger partial charge on any atom is -0.370 e. The van der Waals surface area contributed by atoms with Crippen molar-refractivity contribution in [2.45, 2.75) is 6.10 Å². The highest BCUT2D eigenvalue weighted by Crippen LogP contribution is 2.24. The first-order valence-electron chi connectivity index (χ1n) is 6.68. The van der Waals surface area contributed by atoms with Crippen molar-refractivity contribution >= 4 is 11.8 Å². The number of pyridine rings is 1. The number of rotatable bonds is 5. The van der Waals surface area contributed by atoms with Gasteiger partial charge in [0.15, 0.2) is 0 Å². The van der Waals surface area contributed by atoms with E-state index < -0.39 is 17.9 Å². The lowest BCUT2D eigenvalue weighted by Crippen LogP contribution is -2.22.